The predicted octanol–water partition coefficient (Wildman–Crippen LogP) is 1.97. The second kappa shape index (κ2) is 5.09. The molecule has 0 aliphatic carbocycles. The number of carbonyl (C=O) groups excluding carboxylic acids is 1. The van der Waals surface area contributed by atoms with E-state index < -0.39 is 0 Å². The summed E-state index contributed by atoms with van der Waals surface area (Å²) in [5.74, 6) is 1.13. The van der Waals surface area contributed by atoms with E-state index in [1.807, 2.05) is 17.0 Å². The summed E-state index contributed by atoms with van der Waals surface area (Å²) in [6.07, 6.45) is 2.97. The number of carbonyl (C=O) groups is 1. The standard InChI is InChI=1S/C16H22N2O2/c1-16(7-8-17-11-16)15(19)18-9-3-4-12-10-13(20-2)5-6-14(12)18/h5-6,10,17H,3-4,7-9,11H2,1-2H3. The van der Waals surface area contributed by atoms with Crippen molar-refractivity contribution >= 4 is 11.6 Å². The van der Waals surface area contributed by atoms with Crippen molar-refractivity contribution in [2.45, 2.75) is 26.2 Å². The van der Waals surface area contributed by atoms with Crippen molar-refractivity contribution in [1.82, 2.24) is 5.32 Å². The Morgan fingerprint density at radius 2 is 2.30 bits per heavy atom. The number of amides is 1. The average molecular weight is 274 g/mol. The Labute approximate surface area is 120 Å². The molecule has 1 aromatic carbocycles. The molecule has 0 saturated carbocycles. The Morgan fingerprint density at radius 1 is 1.45 bits per heavy atom. The highest BCUT2D eigenvalue weighted by Crippen LogP contribution is 2.35. The number of fused-ring (bicyclic) bond motifs is 1. The molecule has 1 amide bonds. The van der Waals surface area contributed by atoms with Crippen LogP contribution in [0.5, 0.6) is 5.75 Å². The summed E-state index contributed by atoms with van der Waals surface area (Å²) in [5.41, 5.74) is 2.03. The van der Waals surface area contributed by atoms with Gasteiger partial charge in [0.1, 0.15) is 5.75 Å². The summed E-state index contributed by atoms with van der Waals surface area (Å²) in [4.78, 5) is 14.9. The molecule has 1 aromatic rings. The van der Waals surface area contributed by atoms with Gasteiger partial charge in [0, 0.05) is 18.8 Å². The topological polar surface area (TPSA) is 41.6 Å². The largest absolute Gasteiger partial charge is 0.497 e. The van der Waals surface area contributed by atoms with Gasteiger partial charge in [-0.25, -0.2) is 0 Å². The molecule has 20 heavy (non-hydrogen) atoms. The van der Waals surface area contributed by atoms with Gasteiger partial charge in [0.2, 0.25) is 5.91 Å². The van der Waals surface area contributed by atoms with E-state index in [2.05, 4.69) is 18.3 Å². The molecule has 1 saturated heterocycles. The molecule has 4 nitrogen and oxygen atoms in total. The summed E-state index contributed by atoms with van der Waals surface area (Å²) in [6.45, 7) is 4.63. The van der Waals surface area contributed by atoms with Crippen molar-refractivity contribution in [2.24, 2.45) is 5.41 Å². The maximum Gasteiger partial charge on any atom is 0.234 e. The Kier molecular flexibility index (Phi) is 3.42. The quantitative estimate of drug-likeness (QED) is 0.896. The van der Waals surface area contributed by atoms with Crippen LogP contribution in [0.2, 0.25) is 0 Å². The van der Waals surface area contributed by atoms with Gasteiger partial charge in [0.25, 0.3) is 0 Å². The Bertz CT molecular complexity index is 521. The fraction of sp³-hybridized carbons (Fsp3) is 0.562. The summed E-state index contributed by atoms with van der Waals surface area (Å²) < 4.78 is 5.28. The van der Waals surface area contributed by atoms with Gasteiger partial charge in [0.15, 0.2) is 0 Å². The van der Waals surface area contributed by atoms with Crippen molar-refractivity contribution in [3.05, 3.63) is 23.8 Å². The van der Waals surface area contributed by atoms with Gasteiger partial charge >= 0.3 is 0 Å². The number of methoxy groups -OCH3 is 1. The van der Waals surface area contributed by atoms with E-state index in [0.29, 0.717) is 0 Å². The highest BCUT2D eigenvalue weighted by molar-refractivity contribution is 5.98. The van der Waals surface area contributed by atoms with Crippen LogP contribution in [0.4, 0.5) is 5.69 Å². The number of hydrogen-bond acceptors (Lipinski definition) is 3. The van der Waals surface area contributed by atoms with Crippen LogP contribution >= 0.6 is 0 Å². The molecule has 1 fully saturated rings. The lowest BCUT2D eigenvalue weighted by molar-refractivity contribution is -0.126. The SMILES string of the molecule is COc1ccc2c(c1)CCCN2C(=O)C1(C)CCNC1. The van der Waals surface area contributed by atoms with Crippen LogP contribution < -0.4 is 15.0 Å². The van der Waals surface area contributed by atoms with Gasteiger partial charge in [-0.1, -0.05) is 0 Å². The van der Waals surface area contributed by atoms with E-state index in [1.54, 1.807) is 7.11 Å². The molecule has 2 heterocycles. The van der Waals surface area contributed by atoms with Crippen LogP contribution in [-0.4, -0.2) is 32.7 Å². The number of ether oxygens (including phenoxy) is 1. The van der Waals surface area contributed by atoms with Gasteiger partial charge in [-0.2, -0.15) is 0 Å². The number of nitrogens with zero attached hydrogens (tertiary/aromatic N) is 1. The van der Waals surface area contributed by atoms with Crippen LogP contribution in [0.25, 0.3) is 0 Å². The Morgan fingerprint density at radius 3 is 3.00 bits per heavy atom. The number of benzene rings is 1. The molecule has 1 unspecified atom stereocenters. The molecule has 2 aliphatic heterocycles. The second-order valence-electron chi connectivity index (χ2n) is 6.04. The first-order chi connectivity index (χ1) is 9.64. The summed E-state index contributed by atoms with van der Waals surface area (Å²) in [5, 5.41) is 3.31. The highest BCUT2D eigenvalue weighted by Gasteiger charge is 2.40. The molecule has 3 rings (SSSR count). The normalized spacial score (nSPS) is 25.4. The van der Waals surface area contributed by atoms with Crippen LogP contribution in [-0.2, 0) is 11.2 Å². The van der Waals surface area contributed by atoms with Gasteiger partial charge in [-0.3, -0.25) is 4.79 Å². The third kappa shape index (κ3) is 2.18. The molecular weight excluding hydrogens is 252 g/mol. The van der Waals surface area contributed by atoms with Gasteiger partial charge in [0.05, 0.1) is 12.5 Å². The maximum atomic E-state index is 12.9. The number of rotatable bonds is 2. The van der Waals surface area contributed by atoms with Crippen LogP contribution in [0.1, 0.15) is 25.3 Å². The molecule has 1 atom stereocenters. The van der Waals surface area contributed by atoms with Crippen molar-refractivity contribution in [1.29, 1.82) is 0 Å². The zero-order valence-electron chi connectivity index (χ0n) is 12.2. The number of aryl methyl sites for hydroxylation is 1. The zero-order chi connectivity index (χ0) is 14.2. The van der Waals surface area contributed by atoms with E-state index in [0.717, 1.165) is 50.3 Å². The minimum absolute atomic E-state index is 0.255. The van der Waals surface area contributed by atoms with E-state index >= 15 is 0 Å². The summed E-state index contributed by atoms with van der Waals surface area (Å²) in [6, 6.07) is 6.03. The van der Waals surface area contributed by atoms with Gasteiger partial charge in [-0.05, 0) is 56.5 Å². The maximum absolute atomic E-state index is 12.9. The summed E-state index contributed by atoms with van der Waals surface area (Å²) >= 11 is 0. The van der Waals surface area contributed by atoms with E-state index in [9.17, 15) is 4.79 Å². The van der Waals surface area contributed by atoms with Crippen LogP contribution in [0, 0.1) is 5.41 Å². The Hall–Kier alpha value is -1.55. The third-order valence-electron chi connectivity index (χ3n) is 4.54. The van der Waals surface area contributed by atoms with Crippen LogP contribution in [0.3, 0.4) is 0 Å². The summed E-state index contributed by atoms with van der Waals surface area (Å²) in [7, 11) is 1.68. The minimum atomic E-state index is -0.255. The lowest BCUT2D eigenvalue weighted by Gasteiger charge is -2.35. The number of nitrogens with one attached hydrogen (secondary N) is 1. The molecule has 0 spiro atoms. The van der Waals surface area contributed by atoms with Crippen molar-refractivity contribution in [2.75, 3.05) is 31.6 Å². The molecule has 2 aliphatic rings. The fourth-order valence-corrected chi connectivity index (χ4v) is 3.24. The fourth-order valence-electron chi connectivity index (χ4n) is 3.24. The van der Waals surface area contributed by atoms with Crippen molar-refractivity contribution in [3.63, 3.8) is 0 Å². The van der Waals surface area contributed by atoms with Gasteiger partial charge < -0.3 is 15.0 Å². The average Bonchev–Trinajstić information content (AvgIpc) is 2.93. The molecule has 0 radical (unpaired) electrons. The monoisotopic (exact) mass is 274 g/mol. The number of hydrogen-bond donors (Lipinski definition) is 1. The van der Waals surface area contributed by atoms with E-state index in [-0.39, 0.29) is 11.3 Å². The van der Waals surface area contributed by atoms with E-state index in [4.69, 9.17) is 4.74 Å². The van der Waals surface area contributed by atoms with Crippen LogP contribution in [0.15, 0.2) is 18.2 Å². The Balaban J connectivity index is 1.91. The molecular formula is C16H22N2O2. The first-order valence-electron chi connectivity index (χ1n) is 7.34. The molecule has 0 aromatic heterocycles. The van der Waals surface area contributed by atoms with Crippen molar-refractivity contribution < 1.29 is 9.53 Å². The molecule has 4 heteroatoms. The van der Waals surface area contributed by atoms with E-state index in [1.165, 1.54) is 5.56 Å². The molecule has 0 bridgehead atoms. The smallest absolute Gasteiger partial charge is 0.234 e. The lowest BCUT2D eigenvalue weighted by atomic mass is 9.86. The predicted molar refractivity (Wildman–Crippen MR) is 79.3 cm³/mol. The van der Waals surface area contributed by atoms with Gasteiger partial charge in [-0.15, -0.1) is 0 Å². The second-order valence-corrected chi connectivity index (χ2v) is 6.04. The zero-order valence-corrected chi connectivity index (χ0v) is 12.2. The highest BCUT2D eigenvalue weighted by atomic mass is 16.5. The first-order valence-corrected chi connectivity index (χ1v) is 7.34. The number of anilines is 1. The lowest BCUT2D eigenvalue weighted by Crippen LogP contribution is -2.46. The molecule has 1 N–H and O–H groups in total. The minimum Gasteiger partial charge on any atom is -0.497 e. The third-order valence-corrected chi connectivity index (χ3v) is 4.54. The first kappa shape index (κ1) is 13.4. The van der Waals surface area contributed by atoms with Crippen molar-refractivity contribution in [3.8, 4) is 5.75 Å². The molecule has 108 valence electrons.